The van der Waals surface area contributed by atoms with Crippen LogP contribution in [0.2, 0.25) is 0 Å². The molecule has 3 nitrogen and oxygen atoms in total. The van der Waals surface area contributed by atoms with Crippen molar-refractivity contribution in [3.8, 4) is 0 Å². The maximum Gasteiger partial charge on any atom is 0.0178 e. The van der Waals surface area contributed by atoms with Gasteiger partial charge in [-0.05, 0) is 38.5 Å². The van der Waals surface area contributed by atoms with Crippen molar-refractivity contribution in [3.05, 3.63) is 72.6 Å². The van der Waals surface area contributed by atoms with E-state index in [-0.39, 0.29) is 0 Å². The molecule has 0 aliphatic heterocycles. The molecule has 1 rings (SSSR count). The van der Waals surface area contributed by atoms with Crippen LogP contribution in [-0.4, -0.2) is 0 Å². The molecule has 3 heteroatoms. The topological polar surface area (TPSA) is 78.1 Å². The fourth-order valence-corrected chi connectivity index (χ4v) is 1.04. The second kappa shape index (κ2) is 17.0. The highest BCUT2D eigenvalue weighted by atomic mass is 14.5. The van der Waals surface area contributed by atoms with Crippen LogP contribution >= 0.6 is 0 Å². The summed E-state index contributed by atoms with van der Waals surface area (Å²) in [5, 5.41) is 0. The Morgan fingerprint density at radius 1 is 1.20 bits per heavy atom. The summed E-state index contributed by atoms with van der Waals surface area (Å²) in [6.45, 7) is 7.99. The standard InChI is InChI=1S/C7H9N.C7H13N.C3H7N/c8-6-7-4-2-1-3-5-7;1-3-4-5-6-7(2)8;1-2-3-4/h1-5H,6,8H2;3,6H,1,4-5,8H2,2H3;2-3H,4H2,1H3/b;7-6-;3-2-. The van der Waals surface area contributed by atoms with Crippen LogP contribution in [-0.2, 0) is 6.54 Å². The fourth-order valence-electron chi connectivity index (χ4n) is 1.04. The third-order valence-electron chi connectivity index (χ3n) is 2.11. The largest absolute Gasteiger partial charge is 0.405 e. The Morgan fingerprint density at radius 2 is 1.75 bits per heavy atom. The zero-order chi connectivity index (χ0) is 15.6. The van der Waals surface area contributed by atoms with Crippen molar-refractivity contribution in [2.75, 3.05) is 0 Å². The minimum atomic E-state index is 0.640. The van der Waals surface area contributed by atoms with E-state index in [1.165, 1.54) is 11.8 Å². The van der Waals surface area contributed by atoms with Crippen LogP contribution in [0.5, 0.6) is 0 Å². The first-order chi connectivity index (χ1) is 9.62. The van der Waals surface area contributed by atoms with Crippen LogP contribution in [0.15, 0.2) is 67.0 Å². The quantitative estimate of drug-likeness (QED) is 0.582. The summed E-state index contributed by atoms with van der Waals surface area (Å²) >= 11 is 0. The van der Waals surface area contributed by atoms with Crippen molar-refractivity contribution in [2.24, 2.45) is 17.2 Å². The lowest BCUT2D eigenvalue weighted by Gasteiger charge is -1.90. The molecule has 0 spiro atoms. The number of rotatable bonds is 4. The van der Waals surface area contributed by atoms with E-state index in [1.807, 2.05) is 56.3 Å². The Morgan fingerprint density at radius 3 is 2.05 bits per heavy atom. The summed E-state index contributed by atoms with van der Waals surface area (Å²) in [5.74, 6) is 0. The highest BCUT2D eigenvalue weighted by Crippen LogP contribution is 1.94. The summed E-state index contributed by atoms with van der Waals surface area (Å²) in [5.41, 5.74) is 17.6. The molecular formula is C17H29N3. The molecule has 0 radical (unpaired) electrons. The van der Waals surface area contributed by atoms with E-state index in [0.29, 0.717) is 6.54 Å². The molecule has 0 aliphatic carbocycles. The average Bonchev–Trinajstić information content (AvgIpc) is 2.49. The zero-order valence-electron chi connectivity index (χ0n) is 12.8. The van der Waals surface area contributed by atoms with E-state index in [2.05, 4.69) is 6.58 Å². The van der Waals surface area contributed by atoms with Crippen molar-refractivity contribution in [1.82, 2.24) is 0 Å². The van der Waals surface area contributed by atoms with E-state index in [4.69, 9.17) is 17.2 Å². The van der Waals surface area contributed by atoms with E-state index in [9.17, 15) is 0 Å². The molecule has 1 aromatic rings. The molecule has 6 N–H and O–H groups in total. The lowest BCUT2D eigenvalue weighted by molar-refractivity contribution is 1.03. The van der Waals surface area contributed by atoms with Crippen molar-refractivity contribution >= 4 is 0 Å². The maximum absolute atomic E-state index is 5.36. The summed E-state index contributed by atoms with van der Waals surface area (Å²) in [6, 6.07) is 9.99. The fraction of sp³-hybridized carbons (Fsp3) is 0.294. The molecule has 20 heavy (non-hydrogen) atoms. The van der Waals surface area contributed by atoms with Gasteiger partial charge in [0.2, 0.25) is 0 Å². The SMILES string of the molecule is C/C=C\N.C=CCC/C=C(/C)N.NCc1ccccc1. The van der Waals surface area contributed by atoms with Gasteiger partial charge in [-0.1, -0.05) is 48.6 Å². The predicted molar refractivity (Wildman–Crippen MR) is 90.7 cm³/mol. The summed E-state index contributed by atoms with van der Waals surface area (Å²) in [6.07, 6.45) is 9.21. The van der Waals surface area contributed by atoms with Gasteiger partial charge >= 0.3 is 0 Å². The van der Waals surface area contributed by atoms with Gasteiger partial charge < -0.3 is 17.2 Å². The van der Waals surface area contributed by atoms with E-state index >= 15 is 0 Å². The monoisotopic (exact) mass is 275 g/mol. The molecular weight excluding hydrogens is 246 g/mol. The normalized spacial score (nSPS) is 10.1. The first-order valence-electron chi connectivity index (χ1n) is 6.72. The van der Waals surface area contributed by atoms with Gasteiger partial charge in [0.25, 0.3) is 0 Å². The molecule has 0 saturated carbocycles. The minimum absolute atomic E-state index is 0.640. The van der Waals surface area contributed by atoms with Gasteiger partial charge in [-0.15, -0.1) is 6.58 Å². The lowest BCUT2D eigenvalue weighted by atomic mass is 10.2. The third-order valence-corrected chi connectivity index (χ3v) is 2.11. The second-order valence-corrected chi connectivity index (χ2v) is 4.03. The van der Waals surface area contributed by atoms with Gasteiger partial charge in [-0.25, -0.2) is 0 Å². The number of hydrogen-bond donors (Lipinski definition) is 3. The highest BCUT2D eigenvalue weighted by molar-refractivity contribution is 5.13. The van der Waals surface area contributed by atoms with Gasteiger partial charge in [-0.3, -0.25) is 0 Å². The summed E-state index contributed by atoms with van der Waals surface area (Å²) < 4.78 is 0. The van der Waals surface area contributed by atoms with E-state index in [1.54, 1.807) is 6.08 Å². The second-order valence-electron chi connectivity index (χ2n) is 4.03. The molecule has 112 valence electrons. The Balaban J connectivity index is 0. The molecule has 0 amide bonds. The van der Waals surface area contributed by atoms with Crippen LogP contribution in [0.25, 0.3) is 0 Å². The molecule has 0 fully saturated rings. The van der Waals surface area contributed by atoms with E-state index in [0.717, 1.165) is 18.5 Å². The van der Waals surface area contributed by atoms with Gasteiger partial charge in [0, 0.05) is 12.2 Å². The van der Waals surface area contributed by atoms with Crippen LogP contribution in [0.4, 0.5) is 0 Å². The molecule has 0 aliphatic rings. The molecule has 0 heterocycles. The number of benzene rings is 1. The Kier molecular flexibility index (Phi) is 17.3. The summed E-state index contributed by atoms with van der Waals surface area (Å²) in [7, 11) is 0. The van der Waals surface area contributed by atoms with Crippen molar-refractivity contribution in [1.29, 1.82) is 0 Å². The smallest absolute Gasteiger partial charge is 0.0178 e. The van der Waals surface area contributed by atoms with Crippen LogP contribution in [0.1, 0.15) is 32.3 Å². The Labute approximate surface area is 123 Å². The van der Waals surface area contributed by atoms with Crippen molar-refractivity contribution in [3.63, 3.8) is 0 Å². The zero-order valence-corrected chi connectivity index (χ0v) is 12.8. The Bertz CT molecular complexity index is 359. The van der Waals surface area contributed by atoms with Gasteiger partial charge in [0.15, 0.2) is 0 Å². The van der Waals surface area contributed by atoms with Crippen LogP contribution in [0, 0.1) is 0 Å². The van der Waals surface area contributed by atoms with Gasteiger partial charge in [0.1, 0.15) is 0 Å². The van der Waals surface area contributed by atoms with Crippen molar-refractivity contribution < 1.29 is 0 Å². The van der Waals surface area contributed by atoms with Crippen molar-refractivity contribution in [2.45, 2.75) is 33.2 Å². The molecule has 0 aromatic heterocycles. The lowest BCUT2D eigenvalue weighted by Crippen LogP contribution is -1.94. The first-order valence-corrected chi connectivity index (χ1v) is 6.72. The number of allylic oxidation sites excluding steroid dienone is 4. The maximum atomic E-state index is 5.36. The third kappa shape index (κ3) is 18.4. The molecule has 0 unspecified atom stereocenters. The number of hydrogen-bond acceptors (Lipinski definition) is 3. The number of nitrogens with two attached hydrogens (primary N) is 3. The highest BCUT2D eigenvalue weighted by Gasteiger charge is 1.80. The average molecular weight is 275 g/mol. The summed E-state index contributed by atoms with van der Waals surface area (Å²) in [4.78, 5) is 0. The molecule has 0 saturated heterocycles. The first kappa shape index (κ1) is 20.3. The van der Waals surface area contributed by atoms with Gasteiger partial charge in [0.05, 0.1) is 0 Å². The molecule has 1 aromatic carbocycles. The predicted octanol–water partition coefficient (Wildman–Crippen LogP) is 3.44. The minimum Gasteiger partial charge on any atom is -0.405 e. The molecule has 0 atom stereocenters. The number of unbranched alkanes of at least 4 members (excludes halogenated alkanes) is 1. The van der Waals surface area contributed by atoms with E-state index < -0.39 is 0 Å². The molecule has 0 bridgehead atoms. The Hall–Kier alpha value is -2.00. The van der Waals surface area contributed by atoms with Crippen LogP contribution < -0.4 is 17.2 Å². The van der Waals surface area contributed by atoms with Gasteiger partial charge in [-0.2, -0.15) is 0 Å². The van der Waals surface area contributed by atoms with Crippen LogP contribution in [0.3, 0.4) is 0 Å².